The maximum atomic E-state index is 13.1. The molecule has 1 N–H and O–H groups in total. The Labute approximate surface area is 152 Å². The van der Waals surface area contributed by atoms with Crippen LogP contribution in [0.5, 0.6) is 0 Å². The van der Waals surface area contributed by atoms with Crippen molar-refractivity contribution >= 4 is 32.5 Å². The lowest BCUT2D eigenvalue weighted by Gasteiger charge is -2.25. The van der Waals surface area contributed by atoms with E-state index in [1.54, 1.807) is 30.5 Å². The van der Waals surface area contributed by atoms with Crippen molar-refractivity contribution in [1.29, 1.82) is 0 Å². The van der Waals surface area contributed by atoms with Crippen LogP contribution in [-0.4, -0.2) is 25.5 Å². The van der Waals surface area contributed by atoms with Crippen molar-refractivity contribution in [3.8, 4) is 0 Å². The van der Waals surface area contributed by atoms with E-state index in [-0.39, 0.29) is 9.92 Å². The van der Waals surface area contributed by atoms with Gasteiger partial charge in [0.15, 0.2) is 0 Å². The van der Waals surface area contributed by atoms with Crippen LogP contribution in [-0.2, 0) is 22.9 Å². The number of nitrogens with one attached hydrogen (secondary N) is 1. The fourth-order valence-electron chi connectivity index (χ4n) is 3.67. The molecule has 0 spiro atoms. The van der Waals surface area contributed by atoms with E-state index in [0.29, 0.717) is 11.6 Å². The van der Waals surface area contributed by atoms with Crippen LogP contribution in [0.15, 0.2) is 53.6 Å². The van der Waals surface area contributed by atoms with Gasteiger partial charge >= 0.3 is 0 Å². The second-order valence-corrected chi connectivity index (χ2v) is 8.60. The lowest BCUT2D eigenvalue weighted by molar-refractivity contribution is 0.498. The van der Waals surface area contributed by atoms with Gasteiger partial charge in [0.2, 0.25) is 0 Å². The molecule has 1 aliphatic carbocycles. The van der Waals surface area contributed by atoms with Crippen molar-refractivity contribution in [3.05, 3.63) is 64.8 Å². The molecule has 0 bridgehead atoms. The highest BCUT2D eigenvalue weighted by molar-refractivity contribution is 7.90. The average Bonchev–Trinajstić information content (AvgIpc) is 3.07. The van der Waals surface area contributed by atoms with Crippen LogP contribution in [0.1, 0.15) is 17.5 Å². The van der Waals surface area contributed by atoms with Crippen LogP contribution in [0.3, 0.4) is 0 Å². The first-order valence-corrected chi connectivity index (χ1v) is 10.1. The van der Waals surface area contributed by atoms with Crippen molar-refractivity contribution in [3.63, 3.8) is 0 Å². The zero-order chi connectivity index (χ0) is 17.6. The van der Waals surface area contributed by atoms with E-state index in [9.17, 15) is 8.42 Å². The molecule has 0 saturated heterocycles. The number of nitrogens with zero attached hydrogens (tertiary/aromatic N) is 1. The van der Waals surface area contributed by atoms with Crippen molar-refractivity contribution in [2.75, 3.05) is 7.05 Å². The van der Waals surface area contributed by atoms with Gasteiger partial charge in [-0.15, -0.1) is 0 Å². The van der Waals surface area contributed by atoms with Gasteiger partial charge in [-0.05, 0) is 61.7 Å². The first-order valence-electron chi connectivity index (χ1n) is 8.31. The smallest absolute Gasteiger partial charge is 0.269 e. The van der Waals surface area contributed by atoms with E-state index < -0.39 is 10.0 Å². The third-order valence-electron chi connectivity index (χ3n) is 5.04. The molecule has 0 radical (unpaired) electrons. The summed E-state index contributed by atoms with van der Waals surface area (Å²) < 4.78 is 27.5. The van der Waals surface area contributed by atoms with E-state index in [1.807, 2.05) is 19.2 Å². The van der Waals surface area contributed by atoms with E-state index >= 15 is 0 Å². The number of hydrogen-bond acceptors (Lipinski definition) is 3. The summed E-state index contributed by atoms with van der Waals surface area (Å²) in [4.78, 5) is 0.125. The summed E-state index contributed by atoms with van der Waals surface area (Å²) in [6.45, 7) is 0. The molecule has 4 nitrogen and oxygen atoms in total. The Morgan fingerprint density at radius 2 is 1.96 bits per heavy atom. The van der Waals surface area contributed by atoms with Gasteiger partial charge in [-0.3, -0.25) is 0 Å². The molecule has 4 rings (SSSR count). The van der Waals surface area contributed by atoms with Gasteiger partial charge in [0, 0.05) is 17.6 Å². The number of hydrogen-bond donors (Lipinski definition) is 1. The quantitative estimate of drug-likeness (QED) is 0.762. The van der Waals surface area contributed by atoms with Crippen molar-refractivity contribution < 1.29 is 8.42 Å². The number of likely N-dealkylation sites (N-methyl/N-ethyl adjacent to an activating group) is 1. The van der Waals surface area contributed by atoms with E-state index in [1.165, 1.54) is 15.1 Å². The predicted molar refractivity (Wildman–Crippen MR) is 101 cm³/mol. The Hall–Kier alpha value is -1.82. The van der Waals surface area contributed by atoms with Crippen LogP contribution < -0.4 is 5.32 Å². The standard InChI is InChI=1S/C19H19ClN2O2S/c1-21-14-8-6-13-7-9-18-15(16(13)12-14)10-11-22(18)25(23,24)19-5-3-2-4-17(19)20/h2-5,7,9-11,14,21H,6,8,12H2,1H3. The Kier molecular flexibility index (Phi) is 4.10. The normalized spacial score (nSPS) is 17.6. The highest BCUT2D eigenvalue weighted by atomic mass is 35.5. The summed E-state index contributed by atoms with van der Waals surface area (Å²) in [6, 6.07) is 12.8. The lowest BCUT2D eigenvalue weighted by Crippen LogP contribution is -2.31. The monoisotopic (exact) mass is 374 g/mol. The van der Waals surface area contributed by atoms with E-state index in [2.05, 4.69) is 11.4 Å². The molecule has 0 amide bonds. The molecule has 1 aliphatic rings. The molecule has 0 fully saturated rings. The van der Waals surface area contributed by atoms with Gasteiger partial charge in [-0.1, -0.05) is 29.8 Å². The van der Waals surface area contributed by atoms with Gasteiger partial charge < -0.3 is 5.32 Å². The van der Waals surface area contributed by atoms with Crippen LogP contribution in [0, 0.1) is 0 Å². The third kappa shape index (κ3) is 2.67. The highest BCUT2D eigenvalue weighted by Crippen LogP contribution is 2.32. The van der Waals surface area contributed by atoms with Crippen LogP contribution >= 0.6 is 11.6 Å². The molecule has 1 aromatic heterocycles. The Morgan fingerprint density at radius 1 is 1.16 bits per heavy atom. The molecule has 1 atom stereocenters. The number of aryl methyl sites for hydroxylation is 1. The van der Waals surface area contributed by atoms with E-state index in [4.69, 9.17) is 11.6 Å². The zero-order valence-electron chi connectivity index (χ0n) is 13.9. The van der Waals surface area contributed by atoms with E-state index in [0.717, 1.165) is 24.6 Å². The summed E-state index contributed by atoms with van der Waals surface area (Å²) in [7, 11) is -1.75. The van der Waals surface area contributed by atoms with Gasteiger partial charge in [0.25, 0.3) is 10.0 Å². The maximum absolute atomic E-state index is 13.1. The molecule has 0 saturated carbocycles. The minimum atomic E-state index is -3.73. The predicted octanol–water partition coefficient (Wildman–Crippen LogP) is 3.61. The lowest BCUT2D eigenvalue weighted by atomic mass is 9.86. The first-order chi connectivity index (χ1) is 12.0. The Morgan fingerprint density at radius 3 is 2.72 bits per heavy atom. The molecular weight excluding hydrogens is 356 g/mol. The molecule has 1 heterocycles. The van der Waals surface area contributed by atoms with Crippen LogP contribution in [0.2, 0.25) is 5.02 Å². The average molecular weight is 375 g/mol. The van der Waals surface area contributed by atoms with Gasteiger partial charge in [0.05, 0.1) is 10.5 Å². The summed E-state index contributed by atoms with van der Waals surface area (Å²) in [5.74, 6) is 0. The number of fused-ring (bicyclic) bond motifs is 3. The summed E-state index contributed by atoms with van der Waals surface area (Å²) in [5.41, 5.74) is 3.26. The van der Waals surface area contributed by atoms with Crippen molar-refractivity contribution in [1.82, 2.24) is 9.29 Å². The second kappa shape index (κ2) is 6.16. The van der Waals surface area contributed by atoms with Gasteiger partial charge in [-0.25, -0.2) is 12.4 Å². The molecule has 2 aromatic carbocycles. The fraction of sp³-hybridized carbons (Fsp3) is 0.263. The summed E-state index contributed by atoms with van der Waals surface area (Å²) in [5, 5.41) is 4.58. The number of rotatable bonds is 3. The number of aromatic nitrogens is 1. The summed E-state index contributed by atoms with van der Waals surface area (Å²) in [6.07, 6.45) is 4.67. The number of benzene rings is 2. The Bertz CT molecular complexity index is 1060. The molecule has 0 aliphatic heterocycles. The van der Waals surface area contributed by atoms with Crippen LogP contribution in [0.25, 0.3) is 10.9 Å². The maximum Gasteiger partial charge on any atom is 0.269 e. The molecule has 3 aromatic rings. The highest BCUT2D eigenvalue weighted by Gasteiger charge is 2.25. The van der Waals surface area contributed by atoms with Crippen molar-refractivity contribution in [2.24, 2.45) is 0 Å². The molecule has 1 unspecified atom stereocenters. The minimum Gasteiger partial charge on any atom is -0.317 e. The molecule has 6 heteroatoms. The fourth-order valence-corrected chi connectivity index (χ4v) is 5.51. The minimum absolute atomic E-state index is 0.125. The second-order valence-electron chi connectivity index (χ2n) is 6.41. The van der Waals surface area contributed by atoms with Gasteiger partial charge in [0.1, 0.15) is 4.90 Å². The van der Waals surface area contributed by atoms with Crippen molar-refractivity contribution in [2.45, 2.75) is 30.2 Å². The molecular formula is C19H19ClN2O2S. The molecule has 130 valence electrons. The Balaban J connectivity index is 1.89. The SMILES string of the molecule is CNC1CCc2ccc3c(ccn3S(=O)(=O)c3ccccc3Cl)c2C1. The molecule has 25 heavy (non-hydrogen) atoms. The van der Waals surface area contributed by atoms with Crippen LogP contribution in [0.4, 0.5) is 0 Å². The first kappa shape index (κ1) is 16.6. The summed E-state index contributed by atoms with van der Waals surface area (Å²) >= 11 is 6.13. The third-order valence-corrected chi connectivity index (χ3v) is 7.23. The van der Waals surface area contributed by atoms with Gasteiger partial charge in [-0.2, -0.15) is 0 Å². The topological polar surface area (TPSA) is 51.1 Å². The zero-order valence-corrected chi connectivity index (χ0v) is 15.4. The largest absolute Gasteiger partial charge is 0.317 e. The number of halogens is 1.